The van der Waals surface area contributed by atoms with Gasteiger partial charge in [0.1, 0.15) is 6.29 Å². The van der Waals surface area contributed by atoms with Gasteiger partial charge in [-0.25, -0.2) is 0 Å². The lowest BCUT2D eigenvalue weighted by molar-refractivity contribution is -0.110. The van der Waals surface area contributed by atoms with Gasteiger partial charge >= 0.3 is 0 Å². The largest absolute Gasteiger partial charge is 0.381 e. The van der Waals surface area contributed by atoms with E-state index in [9.17, 15) is 4.79 Å². The van der Waals surface area contributed by atoms with E-state index in [1.54, 1.807) is 7.11 Å². The van der Waals surface area contributed by atoms with Gasteiger partial charge in [-0.05, 0) is 18.3 Å². The van der Waals surface area contributed by atoms with Gasteiger partial charge in [-0.1, -0.05) is 27.2 Å². The summed E-state index contributed by atoms with van der Waals surface area (Å²) in [6, 6.07) is 0. The van der Waals surface area contributed by atoms with Crippen LogP contribution in [0.25, 0.3) is 0 Å². The molecular formula is C11H22O2. The van der Waals surface area contributed by atoms with E-state index in [4.69, 9.17) is 4.74 Å². The van der Waals surface area contributed by atoms with Gasteiger partial charge in [0.25, 0.3) is 0 Å². The molecule has 0 N–H and O–H groups in total. The molecule has 0 aliphatic rings. The quantitative estimate of drug-likeness (QED) is 0.571. The second-order valence-electron chi connectivity index (χ2n) is 4.38. The molecule has 13 heavy (non-hydrogen) atoms. The maximum Gasteiger partial charge on any atom is 0.122 e. The summed E-state index contributed by atoms with van der Waals surface area (Å²) in [6.45, 7) is 6.64. The van der Waals surface area contributed by atoms with Crippen molar-refractivity contribution in [2.24, 2.45) is 5.41 Å². The van der Waals surface area contributed by atoms with Gasteiger partial charge in [-0.2, -0.15) is 0 Å². The van der Waals surface area contributed by atoms with Crippen LogP contribution in [0.3, 0.4) is 0 Å². The van der Waals surface area contributed by atoms with Crippen molar-refractivity contribution in [3.05, 3.63) is 0 Å². The first-order valence-corrected chi connectivity index (χ1v) is 5.02. The third-order valence-corrected chi connectivity index (χ3v) is 2.40. The van der Waals surface area contributed by atoms with Gasteiger partial charge in [-0.3, -0.25) is 0 Å². The Balaban J connectivity index is 3.96. The Labute approximate surface area is 81.7 Å². The maximum atomic E-state index is 10.3. The molecule has 0 aromatic carbocycles. The SMILES string of the molecule is CCCC(C)(C)CC(CC=O)OC. The number of ether oxygens (including phenoxy) is 1. The van der Waals surface area contributed by atoms with Crippen LogP contribution >= 0.6 is 0 Å². The zero-order valence-electron chi connectivity index (χ0n) is 9.30. The fourth-order valence-electron chi connectivity index (χ4n) is 1.77. The molecule has 0 spiro atoms. The van der Waals surface area contributed by atoms with Crippen molar-refractivity contribution in [3.63, 3.8) is 0 Å². The highest BCUT2D eigenvalue weighted by Gasteiger charge is 2.21. The Morgan fingerprint density at radius 2 is 2.08 bits per heavy atom. The lowest BCUT2D eigenvalue weighted by Crippen LogP contribution is -2.22. The van der Waals surface area contributed by atoms with E-state index in [0.717, 1.165) is 12.7 Å². The summed E-state index contributed by atoms with van der Waals surface area (Å²) in [5.74, 6) is 0. The first kappa shape index (κ1) is 12.6. The molecular weight excluding hydrogens is 164 g/mol. The predicted molar refractivity (Wildman–Crippen MR) is 54.8 cm³/mol. The van der Waals surface area contributed by atoms with Crippen molar-refractivity contribution in [2.75, 3.05) is 7.11 Å². The molecule has 0 aromatic heterocycles. The predicted octanol–water partition coefficient (Wildman–Crippen LogP) is 2.81. The minimum absolute atomic E-state index is 0.0963. The zero-order chi connectivity index (χ0) is 10.3. The van der Waals surface area contributed by atoms with Crippen molar-refractivity contribution < 1.29 is 9.53 Å². The molecule has 0 aliphatic carbocycles. The Kier molecular flexibility index (Phi) is 5.97. The number of hydrogen-bond acceptors (Lipinski definition) is 2. The molecule has 0 amide bonds. The van der Waals surface area contributed by atoms with E-state index in [1.165, 1.54) is 12.8 Å². The van der Waals surface area contributed by atoms with Gasteiger partial charge in [-0.15, -0.1) is 0 Å². The molecule has 0 aliphatic heterocycles. The first-order chi connectivity index (χ1) is 6.05. The molecule has 0 bridgehead atoms. The second kappa shape index (κ2) is 6.14. The first-order valence-electron chi connectivity index (χ1n) is 5.02. The molecule has 0 saturated carbocycles. The Bertz CT molecular complexity index is 141. The Morgan fingerprint density at radius 3 is 2.46 bits per heavy atom. The lowest BCUT2D eigenvalue weighted by atomic mass is 9.82. The summed E-state index contributed by atoms with van der Waals surface area (Å²) in [5.41, 5.74) is 0.290. The summed E-state index contributed by atoms with van der Waals surface area (Å²) >= 11 is 0. The highest BCUT2D eigenvalue weighted by atomic mass is 16.5. The Hall–Kier alpha value is -0.370. The van der Waals surface area contributed by atoms with E-state index in [1.807, 2.05) is 0 Å². The zero-order valence-corrected chi connectivity index (χ0v) is 9.30. The minimum atomic E-state index is 0.0963. The van der Waals surface area contributed by atoms with E-state index < -0.39 is 0 Å². The fraction of sp³-hybridized carbons (Fsp3) is 0.909. The molecule has 0 fully saturated rings. The average Bonchev–Trinajstić information content (AvgIpc) is 2.03. The van der Waals surface area contributed by atoms with E-state index >= 15 is 0 Å². The van der Waals surface area contributed by atoms with Crippen LogP contribution < -0.4 is 0 Å². The third-order valence-electron chi connectivity index (χ3n) is 2.40. The summed E-state index contributed by atoms with van der Waals surface area (Å²) in [4.78, 5) is 10.3. The third kappa shape index (κ3) is 5.81. The summed E-state index contributed by atoms with van der Waals surface area (Å²) in [6.07, 6.45) is 4.89. The van der Waals surface area contributed by atoms with Crippen molar-refractivity contribution in [1.29, 1.82) is 0 Å². The van der Waals surface area contributed by atoms with Gasteiger partial charge in [0.15, 0.2) is 0 Å². The van der Waals surface area contributed by atoms with Crippen LogP contribution in [-0.2, 0) is 9.53 Å². The fourth-order valence-corrected chi connectivity index (χ4v) is 1.77. The smallest absolute Gasteiger partial charge is 0.122 e. The van der Waals surface area contributed by atoms with Crippen LogP contribution in [0.5, 0.6) is 0 Å². The highest BCUT2D eigenvalue weighted by molar-refractivity contribution is 5.50. The molecule has 0 rings (SSSR count). The Morgan fingerprint density at radius 1 is 1.46 bits per heavy atom. The molecule has 2 heteroatoms. The molecule has 0 saturated heterocycles. The number of methoxy groups -OCH3 is 1. The van der Waals surface area contributed by atoms with Crippen LogP contribution in [-0.4, -0.2) is 19.5 Å². The minimum Gasteiger partial charge on any atom is -0.381 e. The molecule has 2 nitrogen and oxygen atoms in total. The van der Waals surface area contributed by atoms with E-state index in [0.29, 0.717) is 11.8 Å². The molecule has 78 valence electrons. The maximum absolute atomic E-state index is 10.3. The van der Waals surface area contributed by atoms with Crippen molar-refractivity contribution in [1.82, 2.24) is 0 Å². The number of rotatable bonds is 7. The van der Waals surface area contributed by atoms with Crippen LogP contribution in [0.4, 0.5) is 0 Å². The normalized spacial score (nSPS) is 14.2. The van der Waals surface area contributed by atoms with E-state index in [2.05, 4.69) is 20.8 Å². The number of hydrogen-bond donors (Lipinski definition) is 0. The van der Waals surface area contributed by atoms with Crippen LogP contribution in [0.1, 0.15) is 46.5 Å². The molecule has 0 heterocycles. The van der Waals surface area contributed by atoms with Crippen molar-refractivity contribution >= 4 is 6.29 Å². The highest BCUT2D eigenvalue weighted by Crippen LogP contribution is 2.29. The van der Waals surface area contributed by atoms with Crippen LogP contribution in [0.15, 0.2) is 0 Å². The van der Waals surface area contributed by atoms with Crippen molar-refractivity contribution in [3.8, 4) is 0 Å². The monoisotopic (exact) mass is 186 g/mol. The van der Waals surface area contributed by atoms with Gasteiger partial charge in [0, 0.05) is 13.5 Å². The molecule has 1 atom stereocenters. The topological polar surface area (TPSA) is 26.3 Å². The average molecular weight is 186 g/mol. The van der Waals surface area contributed by atoms with Gasteiger partial charge < -0.3 is 9.53 Å². The van der Waals surface area contributed by atoms with E-state index in [-0.39, 0.29) is 6.10 Å². The lowest BCUT2D eigenvalue weighted by Gasteiger charge is -2.27. The van der Waals surface area contributed by atoms with Crippen LogP contribution in [0.2, 0.25) is 0 Å². The molecule has 1 unspecified atom stereocenters. The summed E-state index contributed by atoms with van der Waals surface area (Å²) in [5, 5.41) is 0. The number of carbonyl (C=O) groups is 1. The summed E-state index contributed by atoms with van der Waals surface area (Å²) in [7, 11) is 1.68. The molecule has 0 radical (unpaired) electrons. The van der Waals surface area contributed by atoms with Gasteiger partial charge in [0.2, 0.25) is 0 Å². The van der Waals surface area contributed by atoms with Gasteiger partial charge in [0.05, 0.1) is 6.10 Å². The standard InChI is InChI=1S/C11H22O2/c1-5-7-11(2,3)9-10(13-4)6-8-12/h8,10H,5-7,9H2,1-4H3. The second-order valence-corrected chi connectivity index (χ2v) is 4.38. The van der Waals surface area contributed by atoms with Crippen LogP contribution in [0, 0.1) is 5.41 Å². The number of aldehydes is 1. The summed E-state index contributed by atoms with van der Waals surface area (Å²) < 4.78 is 5.24. The number of carbonyl (C=O) groups excluding carboxylic acids is 1. The van der Waals surface area contributed by atoms with Crippen molar-refractivity contribution in [2.45, 2.75) is 52.6 Å². The molecule has 0 aromatic rings.